The van der Waals surface area contributed by atoms with Crippen LogP contribution in [0.2, 0.25) is 0 Å². The molecule has 3 rings (SSSR count). The van der Waals surface area contributed by atoms with Gasteiger partial charge in [0.2, 0.25) is 0 Å². The second-order valence-corrected chi connectivity index (χ2v) is 8.54. The van der Waals surface area contributed by atoms with E-state index >= 15 is 0 Å². The maximum atomic E-state index is 12.7. The summed E-state index contributed by atoms with van der Waals surface area (Å²) in [5.74, 6) is -0.961. The average Bonchev–Trinajstić information content (AvgIpc) is 3.06. The zero-order valence-corrected chi connectivity index (χ0v) is 16.9. The largest absolute Gasteiger partial charge is 0.508 e. The molecule has 0 aromatic heterocycles. The summed E-state index contributed by atoms with van der Waals surface area (Å²) in [6, 6.07) is 6.25. The highest BCUT2D eigenvalue weighted by Gasteiger charge is 2.57. The summed E-state index contributed by atoms with van der Waals surface area (Å²) in [5, 5.41) is 0. The van der Waals surface area contributed by atoms with E-state index in [1.165, 1.54) is 12.1 Å². The van der Waals surface area contributed by atoms with Crippen molar-refractivity contribution in [2.24, 2.45) is 0 Å². The monoisotopic (exact) mass is 416 g/mol. The van der Waals surface area contributed by atoms with E-state index in [4.69, 9.17) is 27.9 Å². The zero-order chi connectivity index (χ0) is 20.5. The third kappa shape index (κ3) is 4.64. The van der Waals surface area contributed by atoms with Crippen LogP contribution in [0.25, 0.3) is 0 Å². The first-order chi connectivity index (χ1) is 13.1. The minimum Gasteiger partial charge on any atom is -0.435 e. The molecule has 0 spiro atoms. The van der Waals surface area contributed by atoms with Crippen LogP contribution in [0.15, 0.2) is 29.2 Å². The van der Waals surface area contributed by atoms with Crippen LogP contribution in [0.3, 0.4) is 0 Å². The minimum absolute atomic E-state index is 0.00443. The van der Waals surface area contributed by atoms with E-state index in [-0.39, 0.29) is 18.1 Å². The predicted octanol–water partition coefficient (Wildman–Crippen LogP) is 2.12. The third-order valence-corrected chi connectivity index (χ3v) is 5.59. The molecule has 4 atom stereocenters. The molecule has 0 N–H and O–H groups in total. The Balaban J connectivity index is 1.78. The van der Waals surface area contributed by atoms with E-state index in [1.54, 1.807) is 32.9 Å². The van der Waals surface area contributed by atoms with Gasteiger partial charge in [-0.2, -0.15) is 8.42 Å². The highest BCUT2D eigenvalue weighted by molar-refractivity contribution is 7.86. The first-order valence-corrected chi connectivity index (χ1v) is 10.3. The van der Waals surface area contributed by atoms with E-state index in [2.05, 4.69) is 0 Å². The van der Waals surface area contributed by atoms with Gasteiger partial charge in [-0.1, -0.05) is 17.7 Å². The molecule has 0 radical (unpaired) electrons. The molecule has 10 heteroatoms. The summed E-state index contributed by atoms with van der Waals surface area (Å²) in [6.45, 7) is 6.74. The second kappa shape index (κ2) is 7.96. The Hall–Kier alpha value is -1.72. The van der Waals surface area contributed by atoms with Gasteiger partial charge in [0.15, 0.2) is 12.1 Å². The maximum Gasteiger partial charge on any atom is 0.508 e. The Morgan fingerprint density at radius 1 is 1.14 bits per heavy atom. The van der Waals surface area contributed by atoms with Crippen molar-refractivity contribution in [3.63, 3.8) is 0 Å². The van der Waals surface area contributed by atoms with Crippen molar-refractivity contribution in [1.82, 2.24) is 0 Å². The SMILES string of the molecule is CCOC(=O)OC[C@H]1OC2OC(C)(C)O[C@@H]2[C@H]1OS(=O)(=O)c1ccc(C)cc1. The molecule has 0 aliphatic carbocycles. The molecule has 0 bridgehead atoms. The average molecular weight is 416 g/mol. The van der Waals surface area contributed by atoms with Gasteiger partial charge in [0.1, 0.15) is 24.9 Å². The van der Waals surface area contributed by atoms with Crippen LogP contribution in [0.1, 0.15) is 26.3 Å². The second-order valence-electron chi connectivity index (χ2n) is 6.97. The lowest BCUT2D eigenvalue weighted by Crippen LogP contribution is -2.40. The highest BCUT2D eigenvalue weighted by Crippen LogP contribution is 2.40. The highest BCUT2D eigenvalue weighted by atomic mass is 32.2. The molecule has 156 valence electrons. The Morgan fingerprint density at radius 3 is 2.46 bits per heavy atom. The van der Waals surface area contributed by atoms with E-state index in [9.17, 15) is 13.2 Å². The van der Waals surface area contributed by atoms with Gasteiger partial charge in [0.05, 0.1) is 11.5 Å². The van der Waals surface area contributed by atoms with E-state index < -0.39 is 46.7 Å². The van der Waals surface area contributed by atoms with E-state index in [0.717, 1.165) is 5.56 Å². The maximum absolute atomic E-state index is 12.7. The van der Waals surface area contributed by atoms with Crippen molar-refractivity contribution >= 4 is 16.3 Å². The predicted molar refractivity (Wildman–Crippen MR) is 94.9 cm³/mol. The first-order valence-electron chi connectivity index (χ1n) is 8.92. The van der Waals surface area contributed by atoms with Crippen molar-refractivity contribution in [2.45, 2.75) is 63.0 Å². The standard InChI is InChI=1S/C18H24O9S/c1-5-22-17(19)23-10-13-14(15-16(24-13)26-18(3,4)25-15)27-28(20,21)12-8-6-11(2)7-9-12/h6-9,13-16H,5,10H2,1-4H3/t13-,14+,15-,16?/m1/s1. The van der Waals surface area contributed by atoms with Crippen LogP contribution in [0.5, 0.6) is 0 Å². The normalized spacial score (nSPS) is 28.7. The summed E-state index contributed by atoms with van der Waals surface area (Å²) < 4.78 is 57.7. The van der Waals surface area contributed by atoms with Gasteiger partial charge < -0.3 is 23.7 Å². The Morgan fingerprint density at radius 2 is 1.82 bits per heavy atom. The van der Waals surface area contributed by atoms with Crippen LogP contribution in [-0.4, -0.2) is 58.2 Å². The van der Waals surface area contributed by atoms with Gasteiger partial charge in [0, 0.05) is 0 Å². The van der Waals surface area contributed by atoms with Crippen LogP contribution < -0.4 is 0 Å². The molecular formula is C18H24O9S. The molecule has 9 nitrogen and oxygen atoms in total. The van der Waals surface area contributed by atoms with Gasteiger partial charge in [-0.3, -0.25) is 4.18 Å². The summed E-state index contributed by atoms with van der Waals surface area (Å²) >= 11 is 0. The van der Waals surface area contributed by atoms with Gasteiger partial charge in [0.25, 0.3) is 10.1 Å². The van der Waals surface area contributed by atoms with Crippen LogP contribution in [0.4, 0.5) is 4.79 Å². The number of rotatable bonds is 6. The molecule has 1 unspecified atom stereocenters. The Kier molecular flexibility index (Phi) is 5.97. The number of ether oxygens (including phenoxy) is 5. The smallest absolute Gasteiger partial charge is 0.435 e. The van der Waals surface area contributed by atoms with Gasteiger partial charge >= 0.3 is 6.16 Å². The summed E-state index contributed by atoms with van der Waals surface area (Å²) in [4.78, 5) is 11.5. The molecule has 2 aliphatic rings. The number of benzene rings is 1. The Bertz CT molecular complexity index is 803. The molecule has 1 aromatic rings. The Labute approximate surface area is 163 Å². The quantitative estimate of drug-likeness (QED) is 0.509. The fourth-order valence-electron chi connectivity index (χ4n) is 3.01. The lowest BCUT2D eigenvalue weighted by atomic mass is 10.1. The summed E-state index contributed by atoms with van der Waals surface area (Å²) in [6.07, 6.45) is -4.50. The molecule has 2 heterocycles. The topological polar surface area (TPSA) is 107 Å². The van der Waals surface area contributed by atoms with Crippen molar-refractivity contribution in [3.8, 4) is 0 Å². The van der Waals surface area contributed by atoms with E-state index in [1.807, 2.05) is 6.92 Å². The van der Waals surface area contributed by atoms with Gasteiger partial charge in [-0.05, 0) is 39.8 Å². The molecule has 2 saturated heterocycles. The van der Waals surface area contributed by atoms with Gasteiger partial charge in [-0.25, -0.2) is 4.79 Å². The molecule has 0 amide bonds. The molecule has 0 saturated carbocycles. The van der Waals surface area contributed by atoms with Crippen molar-refractivity contribution in [1.29, 1.82) is 0 Å². The number of fused-ring (bicyclic) bond motifs is 1. The van der Waals surface area contributed by atoms with Crippen LogP contribution in [-0.2, 0) is 38.0 Å². The first kappa shape index (κ1) is 21.0. The number of hydrogen-bond acceptors (Lipinski definition) is 9. The number of hydrogen-bond donors (Lipinski definition) is 0. The van der Waals surface area contributed by atoms with Crippen molar-refractivity contribution in [2.75, 3.05) is 13.2 Å². The van der Waals surface area contributed by atoms with Crippen LogP contribution in [0, 0.1) is 6.92 Å². The van der Waals surface area contributed by atoms with Crippen molar-refractivity contribution < 1.29 is 41.1 Å². The number of carbonyl (C=O) groups excluding carboxylic acids is 1. The van der Waals surface area contributed by atoms with E-state index in [0.29, 0.717) is 0 Å². The third-order valence-electron chi connectivity index (χ3n) is 4.26. The molecular weight excluding hydrogens is 392 g/mol. The lowest BCUT2D eigenvalue weighted by Gasteiger charge is -2.25. The summed E-state index contributed by atoms with van der Waals surface area (Å²) in [7, 11) is -4.11. The van der Waals surface area contributed by atoms with Gasteiger partial charge in [-0.15, -0.1) is 0 Å². The fraction of sp³-hybridized carbons (Fsp3) is 0.611. The van der Waals surface area contributed by atoms with Crippen molar-refractivity contribution in [3.05, 3.63) is 29.8 Å². The molecule has 1 aromatic carbocycles. The minimum atomic E-state index is -4.11. The molecule has 2 fully saturated rings. The van der Waals surface area contributed by atoms with Crippen LogP contribution >= 0.6 is 0 Å². The zero-order valence-electron chi connectivity index (χ0n) is 16.1. The fourth-order valence-corrected chi connectivity index (χ4v) is 4.12. The lowest BCUT2D eigenvalue weighted by molar-refractivity contribution is -0.217. The number of aryl methyl sites for hydroxylation is 1. The summed E-state index contributed by atoms with van der Waals surface area (Å²) in [5.41, 5.74) is 0.915. The molecule has 2 aliphatic heterocycles. The molecule has 28 heavy (non-hydrogen) atoms. The number of carbonyl (C=O) groups is 1.